The Morgan fingerprint density at radius 2 is 2.23 bits per heavy atom. The zero-order valence-corrected chi connectivity index (χ0v) is 13.5. The van der Waals surface area contributed by atoms with Crippen LogP contribution in [0.1, 0.15) is 34.3 Å². The number of amides is 1. The van der Waals surface area contributed by atoms with Crippen LogP contribution in [-0.4, -0.2) is 39.5 Å². The van der Waals surface area contributed by atoms with Crippen LogP contribution in [0.3, 0.4) is 0 Å². The number of hydrogen-bond acceptors (Lipinski definition) is 5. The molecule has 1 fully saturated rings. The van der Waals surface area contributed by atoms with Gasteiger partial charge in [-0.05, 0) is 29.9 Å². The van der Waals surface area contributed by atoms with E-state index in [4.69, 9.17) is 0 Å². The summed E-state index contributed by atoms with van der Waals surface area (Å²) in [6.45, 7) is 4.84. The summed E-state index contributed by atoms with van der Waals surface area (Å²) < 4.78 is 3.88. The number of aryl methyl sites for hydroxylation is 1. The fourth-order valence-corrected chi connectivity index (χ4v) is 3.45. The summed E-state index contributed by atoms with van der Waals surface area (Å²) in [5.74, 6) is -0.0292. The standard InChI is InChI=1S/C16H20N4OS/c1-2-14-15(22-19-18-14)16(21)17-13-8-9-20(11-13)10-12-6-4-3-5-7-12/h3-7,13H,2,8-11H2,1H3,(H,17,21)/t13-/m1/s1. The molecule has 5 nitrogen and oxygen atoms in total. The first kappa shape index (κ1) is 15.1. The van der Waals surface area contributed by atoms with Gasteiger partial charge in [0.05, 0.1) is 5.69 Å². The molecule has 22 heavy (non-hydrogen) atoms. The van der Waals surface area contributed by atoms with E-state index in [2.05, 4.69) is 44.1 Å². The molecule has 3 rings (SSSR count). The first-order valence-corrected chi connectivity index (χ1v) is 8.42. The van der Waals surface area contributed by atoms with Crippen LogP contribution in [0.2, 0.25) is 0 Å². The topological polar surface area (TPSA) is 58.1 Å². The van der Waals surface area contributed by atoms with Gasteiger partial charge < -0.3 is 5.32 Å². The summed E-state index contributed by atoms with van der Waals surface area (Å²) in [6, 6.07) is 10.7. The van der Waals surface area contributed by atoms with Gasteiger partial charge in [0.15, 0.2) is 0 Å². The fraction of sp³-hybridized carbons (Fsp3) is 0.438. The van der Waals surface area contributed by atoms with Crippen molar-refractivity contribution in [2.24, 2.45) is 0 Å². The van der Waals surface area contributed by atoms with E-state index in [0.717, 1.165) is 38.2 Å². The lowest BCUT2D eigenvalue weighted by atomic mass is 10.2. The lowest BCUT2D eigenvalue weighted by Crippen LogP contribution is -2.37. The Balaban J connectivity index is 1.54. The maximum absolute atomic E-state index is 12.3. The fourth-order valence-electron chi connectivity index (χ4n) is 2.80. The minimum absolute atomic E-state index is 0.0292. The first-order valence-electron chi connectivity index (χ1n) is 7.64. The Kier molecular flexibility index (Phi) is 4.80. The molecule has 0 bridgehead atoms. The molecule has 1 N–H and O–H groups in total. The van der Waals surface area contributed by atoms with E-state index >= 15 is 0 Å². The van der Waals surface area contributed by atoms with Crippen LogP contribution in [0, 0.1) is 0 Å². The van der Waals surface area contributed by atoms with Crippen molar-refractivity contribution >= 4 is 17.4 Å². The number of aromatic nitrogens is 2. The zero-order chi connectivity index (χ0) is 15.4. The monoisotopic (exact) mass is 316 g/mol. The van der Waals surface area contributed by atoms with Crippen LogP contribution in [0.4, 0.5) is 0 Å². The molecular weight excluding hydrogens is 296 g/mol. The number of likely N-dealkylation sites (tertiary alicyclic amines) is 1. The minimum Gasteiger partial charge on any atom is -0.347 e. The second kappa shape index (κ2) is 6.98. The third kappa shape index (κ3) is 3.51. The summed E-state index contributed by atoms with van der Waals surface area (Å²) >= 11 is 1.18. The van der Waals surface area contributed by atoms with Gasteiger partial charge in [-0.1, -0.05) is 41.7 Å². The maximum atomic E-state index is 12.3. The maximum Gasteiger partial charge on any atom is 0.265 e. The van der Waals surface area contributed by atoms with Crippen molar-refractivity contribution in [3.05, 3.63) is 46.5 Å². The number of benzene rings is 1. The molecule has 116 valence electrons. The van der Waals surface area contributed by atoms with Gasteiger partial charge in [0.25, 0.3) is 5.91 Å². The van der Waals surface area contributed by atoms with Crippen LogP contribution in [0.15, 0.2) is 30.3 Å². The van der Waals surface area contributed by atoms with Crippen molar-refractivity contribution in [1.29, 1.82) is 0 Å². The molecule has 1 amide bonds. The number of carbonyl (C=O) groups is 1. The highest BCUT2D eigenvalue weighted by Crippen LogP contribution is 2.16. The largest absolute Gasteiger partial charge is 0.347 e. The highest BCUT2D eigenvalue weighted by molar-refractivity contribution is 7.08. The van der Waals surface area contributed by atoms with Crippen LogP contribution >= 0.6 is 11.5 Å². The van der Waals surface area contributed by atoms with E-state index in [1.165, 1.54) is 17.1 Å². The molecule has 1 saturated heterocycles. The molecule has 0 aliphatic carbocycles. The Morgan fingerprint density at radius 3 is 3.00 bits per heavy atom. The van der Waals surface area contributed by atoms with Crippen LogP contribution in [0.25, 0.3) is 0 Å². The third-order valence-electron chi connectivity index (χ3n) is 3.95. The molecule has 0 unspecified atom stereocenters. The van der Waals surface area contributed by atoms with Crippen LogP contribution in [-0.2, 0) is 13.0 Å². The first-order chi connectivity index (χ1) is 10.8. The van der Waals surface area contributed by atoms with Crippen molar-refractivity contribution in [3.63, 3.8) is 0 Å². The minimum atomic E-state index is -0.0292. The molecule has 0 radical (unpaired) electrons. The number of hydrogen-bond donors (Lipinski definition) is 1. The van der Waals surface area contributed by atoms with E-state index in [1.807, 2.05) is 13.0 Å². The van der Waals surface area contributed by atoms with Crippen LogP contribution in [0.5, 0.6) is 0 Å². The van der Waals surface area contributed by atoms with Gasteiger partial charge in [-0.25, -0.2) is 0 Å². The third-order valence-corrected chi connectivity index (χ3v) is 4.72. The Bertz CT molecular complexity index is 628. The number of nitrogens with one attached hydrogen (secondary N) is 1. The highest BCUT2D eigenvalue weighted by Gasteiger charge is 2.25. The molecule has 1 aliphatic heterocycles. The van der Waals surface area contributed by atoms with Crippen LogP contribution < -0.4 is 5.32 Å². The predicted molar refractivity (Wildman–Crippen MR) is 86.9 cm³/mol. The van der Waals surface area contributed by atoms with Gasteiger partial charge in [-0.15, -0.1) is 5.10 Å². The normalized spacial score (nSPS) is 18.5. The molecule has 1 atom stereocenters. The SMILES string of the molecule is CCc1nnsc1C(=O)N[C@@H]1CCN(Cc2ccccc2)C1. The molecule has 0 spiro atoms. The molecule has 2 aromatic rings. The van der Waals surface area contributed by atoms with Gasteiger partial charge in [-0.2, -0.15) is 0 Å². The van der Waals surface area contributed by atoms with Crippen molar-refractivity contribution in [2.45, 2.75) is 32.4 Å². The lowest BCUT2D eigenvalue weighted by molar-refractivity contribution is 0.0940. The van der Waals surface area contributed by atoms with E-state index < -0.39 is 0 Å². The number of rotatable bonds is 5. The van der Waals surface area contributed by atoms with E-state index in [1.54, 1.807) is 0 Å². The molecule has 1 aromatic heterocycles. The number of nitrogens with zero attached hydrogens (tertiary/aromatic N) is 3. The molecular formula is C16H20N4OS. The van der Waals surface area contributed by atoms with Gasteiger partial charge in [-0.3, -0.25) is 9.69 Å². The predicted octanol–water partition coefficient (Wildman–Crippen LogP) is 2.10. The summed E-state index contributed by atoms with van der Waals surface area (Å²) in [7, 11) is 0. The highest BCUT2D eigenvalue weighted by atomic mass is 32.1. The van der Waals surface area contributed by atoms with E-state index in [-0.39, 0.29) is 11.9 Å². The summed E-state index contributed by atoms with van der Waals surface area (Å²) in [4.78, 5) is 15.3. The van der Waals surface area contributed by atoms with Crippen molar-refractivity contribution < 1.29 is 4.79 Å². The molecule has 1 aromatic carbocycles. The van der Waals surface area contributed by atoms with Gasteiger partial charge in [0.2, 0.25) is 0 Å². The van der Waals surface area contributed by atoms with Gasteiger partial charge in [0, 0.05) is 25.7 Å². The van der Waals surface area contributed by atoms with E-state index in [9.17, 15) is 4.79 Å². The average Bonchev–Trinajstić information content (AvgIpc) is 3.17. The second-order valence-electron chi connectivity index (χ2n) is 5.58. The Morgan fingerprint density at radius 1 is 1.41 bits per heavy atom. The Labute approximate surface area is 134 Å². The van der Waals surface area contributed by atoms with E-state index in [0.29, 0.717) is 4.88 Å². The molecule has 6 heteroatoms. The van der Waals surface area contributed by atoms with Gasteiger partial charge in [0.1, 0.15) is 4.88 Å². The lowest BCUT2D eigenvalue weighted by Gasteiger charge is -2.16. The Hall–Kier alpha value is -1.79. The van der Waals surface area contributed by atoms with Crippen molar-refractivity contribution in [3.8, 4) is 0 Å². The summed E-state index contributed by atoms with van der Waals surface area (Å²) in [6.07, 6.45) is 1.73. The summed E-state index contributed by atoms with van der Waals surface area (Å²) in [5, 5.41) is 7.12. The smallest absolute Gasteiger partial charge is 0.265 e. The molecule has 1 aliphatic rings. The average molecular weight is 316 g/mol. The molecule has 2 heterocycles. The van der Waals surface area contributed by atoms with Gasteiger partial charge >= 0.3 is 0 Å². The summed E-state index contributed by atoms with van der Waals surface area (Å²) in [5.41, 5.74) is 2.11. The van der Waals surface area contributed by atoms with Crippen molar-refractivity contribution in [2.75, 3.05) is 13.1 Å². The number of carbonyl (C=O) groups excluding carboxylic acids is 1. The zero-order valence-electron chi connectivity index (χ0n) is 12.7. The van der Waals surface area contributed by atoms with Crippen molar-refractivity contribution in [1.82, 2.24) is 19.8 Å². The molecule has 0 saturated carbocycles. The quantitative estimate of drug-likeness (QED) is 0.918. The second-order valence-corrected chi connectivity index (χ2v) is 6.34.